The Kier molecular flexibility index (Phi) is 4.21. The lowest BCUT2D eigenvalue weighted by molar-refractivity contribution is -0.139. The van der Waals surface area contributed by atoms with Gasteiger partial charge >= 0.3 is 6.18 Å². The van der Waals surface area contributed by atoms with Crippen LogP contribution >= 0.6 is 10.7 Å². The number of alkyl halides is 3. The highest BCUT2D eigenvalue weighted by Crippen LogP contribution is 2.25. The third-order valence-electron chi connectivity index (χ3n) is 1.62. The van der Waals surface area contributed by atoms with Crippen molar-refractivity contribution in [3.8, 4) is 5.88 Å². The lowest BCUT2D eigenvalue weighted by atomic mass is 10.4. The monoisotopic (exact) mass is 289 g/mol. The Morgan fingerprint density at radius 2 is 2.06 bits per heavy atom. The molecule has 0 radical (unpaired) electrons. The van der Waals surface area contributed by atoms with E-state index in [-0.39, 0.29) is 0 Å². The van der Waals surface area contributed by atoms with Crippen LogP contribution < -0.4 is 4.74 Å². The molecule has 0 atom stereocenters. The van der Waals surface area contributed by atoms with Gasteiger partial charge in [-0.1, -0.05) is 0 Å². The minimum absolute atomic E-state index is 0.438. The van der Waals surface area contributed by atoms with Crippen LogP contribution in [0, 0.1) is 0 Å². The van der Waals surface area contributed by atoms with Crippen LogP contribution in [0.15, 0.2) is 23.2 Å². The quantitative estimate of drug-likeness (QED) is 0.798. The van der Waals surface area contributed by atoms with Crippen molar-refractivity contribution in [3.05, 3.63) is 18.3 Å². The van der Waals surface area contributed by atoms with Crippen molar-refractivity contribution in [1.82, 2.24) is 4.98 Å². The molecule has 1 heterocycles. The third kappa shape index (κ3) is 4.78. The van der Waals surface area contributed by atoms with Crippen LogP contribution in [0.5, 0.6) is 5.88 Å². The summed E-state index contributed by atoms with van der Waals surface area (Å²) in [5, 5.41) is 0. The Labute approximate surface area is 99.8 Å². The van der Waals surface area contributed by atoms with Gasteiger partial charge < -0.3 is 4.74 Å². The second kappa shape index (κ2) is 5.09. The molecule has 96 valence electrons. The van der Waals surface area contributed by atoms with Crippen molar-refractivity contribution in [2.45, 2.75) is 17.5 Å². The summed E-state index contributed by atoms with van der Waals surface area (Å²) in [4.78, 5) is 3.06. The lowest BCUT2D eigenvalue weighted by Gasteiger charge is -2.09. The van der Waals surface area contributed by atoms with Crippen LogP contribution in [0.3, 0.4) is 0 Å². The van der Waals surface area contributed by atoms with Crippen LogP contribution in [0.1, 0.15) is 6.42 Å². The van der Waals surface area contributed by atoms with Gasteiger partial charge in [0, 0.05) is 16.9 Å². The summed E-state index contributed by atoms with van der Waals surface area (Å²) in [7, 11) is 0.967. The molecule has 0 unspecified atom stereocenters. The smallest absolute Gasteiger partial charge is 0.392 e. The molecule has 0 aliphatic carbocycles. The molecule has 0 saturated heterocycles. The first-order chi connectivity index (χ1) is 7.70. The van der Waals surface area contributed by atoms with Crippen LogP contribution in [-0.4, -0.2) is 26.2 Å². The summed E-state index contributed by atoms with van der Waals surface area (Å²) in [6.45, 7) is -0.722. The summed E-state index contributed by atoms with van der Waals surface area (Å²) >= 11 is 0. The number of halogens is 4. The van der Waals surface area contributed by atoms with Gasteiger partial charge in [-0.3, -0.25) is 0 Å². The largest absolute Gasteiger partial charge is 0.476 e. The molecule has 1 aromatic rings. The Hall–Kier alpha value is -1.02. The molecule has 17 heavy (non-hydrogen) atoms. The highest BCUT2D eigenvalue weighted by atomic mass is 35.7. The van der Waals surface area contributed by atoms with Crippen molar-refractivity contribution in [2.24, 2.45) is 0 Å². The van der Waals surface area contributed by atoms with Gasteiger partial charge in [0.25, 0.3) is 9.05 Å². The fraction of sp³-hybridized carbons (Fsp3) is 0.375. The lowest BCUT2D eigenvalue weighted by Crippen LogP contribution is -2.14. The number of rotatable bonds is 4. The third-order valence-corrected chi connectivity index (χ3v) is 2.96. The van der Waals surface area contributed by atoms with E-state index in [1.807, 2.05) is 0 Å². The van der Waals surface area contributed by atoms with Gasteiger partial charge in [-0.15, -0.1) is 0 Å². The predicted molar refractivity (Wildman–Crippen MR) is 53.4 cm³/mol. The van der Waals surface area contributed by atoms with Gasteiger partial charge in [0.05, 0.1) is 13.0 Å². The molecule has 0 fully saturated rings. The molecule has 0 amide bonds. The molecule has 0 aromatic carbocycles. The van der Waals surface area contributed by atoms with Crippen LogP contribution in [0.4, 0.5) is 13.2 Å². The maximum atomic E-state index is 11.8. The summed E-state index contributed by atoms with van der Waals surface area (Å²) < 4.78 is 62.3. The molecule has 0 saturated carbocycles. The van der Waals surface area contributed by atoms with Gasteiger partial charge in [-0.05, 0) is 12.1 Å². The van der Waals surface area contributed by atoms with Crippen molar-refractivity contribution in [2.75, 3.05) is 6.61 Å². The van der Waals surface area contributed by atoms with E-state index in [0.29, 0.717) is 0 Å². The van der Waals surface area contributed by atoms with Gasteiger partial charge in [0.2, 0.25) is 5.88 Å². The molecule has 1 aromatic heterocycles. The summed E-state index contributed by atoms with van der Waals surface area (Å²) in [5.74, 6) is -0.438. The van der Waals surface area contributed by atoms with E-state index < -0.39 is 39.0 Å². The number of hydrogen-bond acceptors (Lipinski definition) is 4. The van der Waals surface area contributed by atoms with Crippen molar-refractivity contribution < 1.29 is 26.3 Å². The first-order valence-electron chi connectivity index (χ1n) is 4.29. The Morgan fingerprint density at radius 1 is 1.41 bits per heavy atom. The Morgan fingerprint density at radius 3 is 2.59 bits per heavy atom. The zero-order chi connectivity index (χ0) is 13.1. The zero-order valence-electron chi connectivity index (χ0n) is 8.24. The zero-order valence-corrected chi connectivity index (χ0v) is 9.81. The van der Waals surface area contributed by atoms with E-state index in [4.69, 9.17) is 10.7 Å². The fourth-order valence-electron chi connectivity index (χ4n) is 0.933. The van der Waals surface area contributed by atoms with Gasteiger partial charge in [-0.2, -0.15) is 13.2 Å². The molecular formula is C8H7ClF3NO3S. The predicted octanol–water partition coefficient (Wildman–Crippen LogP) is 2.34. The van der Waals surface area contributed by atoms with Crippen molar-refractivity contribution in [1.29, 1.82) is 0 Å². The van der Waals surface area contributed by atoms with Gasteiger partial charge in [-0.25, -0.2) is 13.4 Å². The number of pyridine rings is 1. The molecule has 0 aliphatic rings. The molecule has 9 heteroatoms. The molecule has 4 nitrogen and oxygen atoms in total. The highest BCUT2D eigenvalue weighted by Gasteiger charge is 2.27. The number of aromatic nitrogens is 1. The normalized spacial score (nSPS) is 12.5. The number of nitrogens with zero attached hydrogens (tertiary/aromatic N) is 1. The first-order valence-corrected chi connectivity index (χ1v) is 6.60. The van der Waals surface area contributed by atoms with E-state index in [1.54, 1.807) is 0 Å². The second-order valence-corrected chi connectivity index (χ2v) is 5.49. The van der Waals surface area contributed by atoms with E-state index >= 15 is 0 Å². The minimum atomic E-state index is -4.38. The van der Waals surface area contributed by atoms with E-state index in [1.165, 1.54) is 12.3 Å². The molecule has 0 bridgehead atoms. The first kappa shape index (κ1) is 14.0. The number of ether oxygens (including phenoxy) is 1. The van der Waals surface area contributed by atoms with Crippen LogP contribution in [-0.2, 0) is 9.05 Å². The molecule has 0 spiro atoms. The van der Waals surface area contributed by atoms with Crippen molar-refractivity contribution >= 4 is 19.7 Å². The number of hydrogen-bond donors (Lipinski definition) is 0. The standard InChI is InChI=1S/C8H7ClF3NO3S/c9-17(14,15)6-2-1-4-13-7(6)16-5-3-8(10,11)12/h1-2,4H,3,5H2. The molecule has 0 N–H and O–H groups in total. The summed E-state index contributed by atoms with van der Waals surface area (Å²) in [6, 6.07) is 2.38. The maximum Gasteiger partial charge on any atom is 0.392 e. The maximum absolute atomic E-state index is 11.8. The van der Waals surface area contributed by atoms with Crippen LogP contribution in [0.2, 0.25) is 0 Å². The van der Waals surface area contributed by atoms with Gasteiger partial charge in [0.1, 0.15) is 4.90 Å². The van der Waals surface area contributed by atoms with Crippen molar-refractivity contribution in [3.63, 3.8) is 0 Å². The van der Waals surface area contributed by atoms with Crippen LogP contribution in [0.25, 0.3) is 0 Å². The fourth-order valence-corrected chi connectivity index (χ4v) is 1.85. The average molecular weight is 290 g/mol. The van der Waals surface area contributed by atoms with E-state index in [0.717, 1.165) is 6.07 Å². The SMILES string of the molecule is O=S(=O)(Cl)c1cccnc1OCCC(F)(F)F. The Bertz CT molecular complexity index is 489. The van der Waals surface area contributed by atoms with Gasteiger partial charge in [0.15, 0.2) is 0 Å². The second-order valence-electron chi connectivity index (χ2n) is 2.96. The molecule has 0 aliphatic heterocycles. The average Bonchev–Trinajstić information content (AvgIpc) is 2.15. The topological polar surface area (TPSA) is 56.3 Å². The van der Waals surface area contributed by atoms with E-state index in [9.17, 15) is 21.6 Å². The highest BCUT2D eigenvalue weighted by molar-refractivity contribution is 8.13. The Balaban J connectivity index is 2.79. The van der Waals surface area contributed by atoms with E-state index in [2.05, 4.69) is 9.72 Å². The molecule has 1 rings (SSSR count). The summed E-state index contributed by atoms with van der Waals surface area (Å²) in [5.41, 5.74) is 0. The molecular weight excluding hydrogens is 283 g/mol. The minimum Gasteiger partial charge on any atom is -0.476 e. The summed E-state index contributed by atoms with van der Waals surface area (Å²) in [6.07, 6.45) is -4.39.